The first-order valence-corrected chi connectivity index (χ1v) is 5.89. The van der Waals surface area contributed by atoms with Crippen LogP contribution in [-0.2, 0) is 4.79 Å². The number of hydrogen-bond acceptors (Lipinski definition) is 4. The maximum absolute atomic E-state index is 11.6. The minimum absolute atomic E-state index is 0.000244. The Morgan fingerprint density at radius 3 is 2.33 bits per heavy atom. The number of benzene rings is 1. The van der Waals surface area contributed by atoms with Crippen LogP contribution >= 0.6 is 11.6 Å². The summed E-state index contributed by atoms with van der Waals surface area (Å²) in [5.74, 6) is -0.259. The number of nitrogens with one attached hydrogen (secondary N) is 2. The van der Waals surface area contributed by atoms with E-state index >= 15 is 0 Å². The molecule has 0 aliphatic rings. The number of aliphatic hydroxyl groups excluding tert-OH is 2. The second-order valence-electron chi connectivity index (χ2n) is 4.29. The summed E-state index contributed by atoms with van der Waals surface area (Å²) >= 11 is 5.73. The van der Waals surface area contributed by atoms with Crippen LogP contribution in [0.4, 0.5) is 5.69 Å². The molecule has 0 unspecified atom stereocenters. The molecule has 100 valence electrons. The molecule has 1 aromatic carbocycles. The molecule has 0 spiro atoms. The van der Waals surface area contributed by atoms with Gasteiger partial charge in [0, 0.05) is 10.7 Å². The molecule has 0 saturated heterocycles. The summed E-state index contributed by atoms with van der Waals surface area (Å²) in [4.78, 5) is 11.6. The topological polar surface area (TPSA) is 81.6 Å². The molecule has 0 atom stereocenters. The van der Waals surface area contributed by atoms with Gasteiger partial charge in [-0.2, -0.15) is 0 Å². The number of hydrogen-bond donors (Lipinski definition) is 4. The fraction of sp³-hybridized carbons (Fsp3) is 0.417. The third-order valence-corrected chi connectivity index (χ3v) is 2.75. The van der Waals surface area contributed by atoms with Crippen LogP contribution in [0.25, 0.3) is 0 Å². The standard InChI is InChI=1S/C12H17ClN2O3/c1-12(7-16,8-17)14-6-11(18)15-10-4-2-9(13)3-5-10/h2-5,14,16-17H,6-8H2,1H3,(H,15,18). The lowest BCUT2D eigenvalue weighted by Crippen LogP contribution is -2.51. The molecule has 5 nitrogen and oxygen atoms in total. The van der Waals surface area contributed by atoms with Crippen molar-refractivity contribution in [2.75, 3.05) is 25.1 Å². The average molecular weight is 273 g/mol. The highest BCUT2D eigenvalue weighted by Crippen LogP contribution is 2.13. The zero-order chi connectivity index (χ0) is 13.6. The molecule has 0 saturated carbocycles. The fourth-order valence-corrected chi connectivity index (χ4v) is 1.32. The lowest BCUT2D eigenvalue weighted by Gasteiger charge is -2.25. The zero-order valence-electron chi connectivity index (χ0n) is 10.1. The number of rotatable bonds is 6. The molecule has 0 aliphatic carbocycles. The van der Waals surface area contributed by atoms with Gasteiger partial charge in [-0.15, -0.1) is 0 Å². The Balaban J connectivity index is 2.45. The minimum atomic E-state index is -0.864. The number of aliphatic hydroxyl groups is 2. The van der Waals surface area contributed by atoms with Crippen molar-refractivity contribution in [1.82, 2.24) is 5.32 Å². The Bertz CT molecular complexity index is 391. The highest BCUT2D eigenvalue weighted by Gasteiger charge is 2.22. The predicted octanol–water partition coefficient (Wildman–Crippen LogP) is 0.611. The molecule has 0 aromatic heterocycles. The van der Waals surface area contributed by atoms with Gasteiger partial charge in [0.25, 0.3) is 0 Å². The number of halogens is 1. The molecule has 4 N–H and O–H groups in total. The van der Waals surface area contributed by atoms with E-state index in [1.807, 2.05) is 0 Å². The van der Waals surface area contributed by atoms with Crippen LogP contribution in [0.15, 0.2) is 24.3 Å². The van der Waals surface area contributed by atoms with Crippen molar-refractivity contribution in [3.05, 3.63) is 29.3 Å². The molecule has 1 amide bonds. The van der Waals surface area contributed by atoms with E-state index in [1.54, 1.807) is 31.2 Å². The monoisotopic (exact) mass is 272 g/mol. The third-order valence-electron chi connectivity index (χ3n) is 2.50. The summed E-state index contributed by atoms with van der Waals surface area (Å²) in [6.07, 6.45) is 0. The summed E-state index contributed by atoms with van der Waals surface area (Å²) in [6, 6.07) is 6.74. The van der Waals surface area contributed by atoms with Gasteiger partial charge in [-0.1, -0.05) is 11.6 Å². The molecular weight excluding hydrogens is 256 g/mol. The number of carbonyl (C=O) groups is 1. The summed E-state index contributed by atoms with van der Waals surface area (Å²) < 4.78 is 0. The van der Waals surface area contributed by atoms with E-state index in [2.05, 4.69) is 10.6 Å². The highest BCUT2D eigenvalue weighted by molar-refractivity contribution is 6.30. The first kappa shape index (κ1) is 14.9. The van der Waals surface area contributed by atoms with Gasteiger partial charge in [0.15, 0.2) is 0 Å². The van der Waals surface area contributed by atoms with Gasteiger partial charge >= 0.3 is 0 Å². The van der Waals surface area contributed by atoms with Crippen molar-refractivity contribution in [3.63, 3.8) is 0 Å². The van der Waals surface area contributed by atoms with Crippen LogP contribution < -0.4 is 10.6 Å². The zero-order valence-corrected chi connectivity index (χ0v) is 10.9. The maximum atomic E-state index is 11.6. The first-order chi connectivity index (χ1) is 8.49. The van der Waals surface area contributed by atoms with E-state index in [-0.39, 0.29) is 25.7 Å². The average Bonchev–Trinajstić information content (AvgIpc) is 2.39. The Labute approximate surface area is 111 Å². The normalized spacial score (nSPS) is 11.3. The van der Waals surface area contributed by atoms with Crippen LogP contribution in [-0.4, -0.2) is 41.4 Å². The van der Waals surface area contributed by atoms with Crippen LogP contribution in [0.3, 0.4) is 0 Å². The Kier molecular flexibility index (Phi) is 5.55. The van der Waals surface area contributed by atoms with Gasteiger partial charge in [0.1, 0.15) is 0 Å². The lowest BCUT2D eigenvalue weighted by molar-refractivity contribution is -0.115. The minimum Gasteiger partial charge on any atom is -0.394 e. The Morgan fingerprint density at radius 1 is 1.28 bits per heavy atom. The van der Waals surface area contributed by atoms with Gasteiger partial charge in [-0.25, -0.2) is 0 Å². The summed E-state index contributed by atoms with van der Waals surface area (Å²) in [5, 5.41) is 24.2. The summed E-state index contributed by atoms with van der Waals surface area (Å²) in [5.41, 5.74) is -0.224. The molecule has 0 aliphatic heterocycles. The molecule has 1 aromatic rings. The van der Waals surface area contributed by atoms with Gasteiger partial charge in [-0.05, 0) is 31.2 Å². The van der Waals surface area contributed by atoms with Crippen molar-refractivity contribution in [1.29, 1.82) is 0 Å². The van der Waals surface area contributed by atoms with Gasteiger partial charge < -0.3 is 15.5 Å². The molecule has 0 bridgehead atoms. The smallest absolute Gasteiger partial charge is 0.238 e. The maximum Gasteiger partial charge on any atom is 0.238 e. The van der Waals surface area contributed by atoms with Crippen molar-refractivity contribution in [2.45, 2.75) is 12.5 Å². The summed E-state index contributed by atoms with van der Waals surface area (Å²) in [6.45, 7) is 1.12. The van der Waals surface area contributed by atoms with E-state index in [4.69, 9.17) is 21.8 Å². The first-order valence-electron chi connectivity index (χ1n) is 5.51. The SMILES string of the molecule is CC(CO)(CO)NCC(=O)Nc1ccc(Cl)cc1. The molecule has 0 radical (unpaired) electrons. The van der Waals surface area contributed by atoms with E-state index < -0.39 is 5.54 Å². The van der Waals surface area contributed by atoms with Crippen LogP contribution in [0.2, 0.25) is 5.02 Å². The van der Waals surface area contributed by atoms with Crippen LogP contribution in [0.5, 0.6) is 0 Å². The van der Waals surface area contributed by atoms with Gasteiger partial charge in [0.05, 0.1) is 25.3 Å². The lowest BCUT2D eigenvalue weighted by atomic mass is 10.1. The van der Waals surface area contributed by atoms with Crippen LogP contribution in [0, 0.1) is 0 Å². The van der Waals surface area contributed by atoms with Crippen molar-refractivity contribution in [2.24, 2.45) is 0 Å². The molecule has 1 rings (SSSR count). The molecule has 0 fully saturated rings. The molecule has 18 heavy (non-hydrogen) atoms. The van der Waals surface area contributed by atoms with Crippen molar-refractivity contribution >= 4 is 23.2 Å². The quantitative estimate of drug-likeness (QED) is 0.612. The van der Waals surface area contributed by atoms with E-state index in [0.29, 0.717) is 10.7 Å². The molecule has 0 heterocycles. The van der Waals surface area contributed by atoms with E-state index in [9.17, 15) is 4.79 Å². The molecule has 6 heteroatoms. The Morgan fingerprint density at radius 2 is 1.83 bits per heavy atom. The predicted molar refractivity (Wildman–Crippen MR) is 70.7 cm³/mol. The van der Waals surface area contributed by atoms with Crippen LogP contribution in [0.1, 0.15) is 6.92 Å². The highest BCUT2D eigenvalue weighted by atomic mass is 35.5. The Hall–Kier alpha value is -1.14. The van der Waals surface area contributed by atoms with Gasteiger partial charge in [0.2, 0.25) is 5.91 Å². The number of carbonyl (C=O) groups excluding carboxylic acids is 1. The van der Waals surface area contributed by atoms with E-state index in [1.165, 1.54) is 0 Å². The number of anilines is 1. The number of amides is 1. The summed E-state index contributed by atoms with van der Waals surface area (Å²) in [7, 11) is 0. The molecular formula is C12H17ClN2O3. The third kappa shape index (κ3) is 4.62. The van der Waals surface area contributed by atoms with Crippen molar-refractivity contribution < 1.29 is 15.0 Å². The largest absolute Gasteiger partial charge is 0.394 e. The van der Waals surface area contributed by atoms with Gasteiger partial charge in [-0.3, -0.25) is 10.1 Å². The van der Waals surface area contributed by atoms with E-state index in [0.717, 1.165) is 0 Å². The second kappa shape index (κ2) is 6.70. The second-order valence-corrected chi connectivity index (χ2v) is 4.72. The fourth-order valence-electron chi connectivity index (χ4n) is 1.19. The van der Waals surface area contributed by atoms with Crippen molar-refractivity contribution in [3.8, 4) is 0 Å².